The summed E-state index contributed by atoms with van der Waals surface area (Å²) in [5, 5.41) is 21.9. The zero-order valence-electron chi connectivity index (χ0n) is 61.4. The van der Waals surface area contributed by atoms with Gasteiger partial charge >= 0.3 is 5.97 Å². The van der Waals surface area contributed by atoms with Crippen molar-refractivity contribution < 1.29 is 89.6 Å². The van der Waals surface area contributed by atoms with Gasteiger partial charge in [0, 0.05) is 101 Å². The topological polar surface area (TPSA) is 395 Å². The maximum atomic E-state index is 15.1. The molecule has 7 amide bonds. The smallest absolute Gasteiger partial charge is 0.322 e. The monoisotopic (exact) mass is 1530 g/mol. The number of benzene rings is 5. The second-order valence-corrected chi connectivity index (χ2v) is 30.9. The third-order valence-corrected chi connectivity index (χ3v) is 20.9. The predicted octanol–water partition coefficient (Wildman–Crippen LogP) is 5.49. The van der Waals surface area contributed by atoms with Gasteiger partial charge in [-0.25, -0.2) is 0 Å². The van der Waals surface area contributed by atoms with Crippen molar-refractivity contribution in [3.8, 4) is 0 Å². The van der Waals surface area contributed by atoms with E-state index in [9.17, 15) is 70.5 Å². The highest BCUT2D eigenvalue weighted by atomic mass is 32.2. The molecule has 6 rings (SSSR count). The van der Waals surface area contributed by atoms with Gasteiger partial charge in [-0.1, -0.05) is 158 Å². The number of likely N-dealkylation sites (tertiary alicyclic amines) is 1. The van der Waals surface area contributed by atoms with Crippen LogP contribution in [0.15, 0.2) is 152 Å². The maximum absolute atomic E-state index is 15.1. The number of carbonyl (C=O) groups excluding carboxylic acids is 12. The lowest BCUT2D eigenvalue weighted by molar-refractivity contribution is -0.889. The third kappa shape index (κ3) is 33.3. The molecule has 28 heteroatoms. The van der Waals surface area contributed by atoms with Crippen LogP contribution in [0, 0.1) is 17.8 Å². The Kier molecular flexibility index (Phi) is 37.1. The van der Waals surface area contributed by atoms with Gasteiger partial charge in [-0.2, -0.15) is 8.42 Å². The summed E-state index contributed by atoms with van der Waals surface area (Å²) < 4.78 is 37.8. The number of imide groups is 1. The first-order chi connectivity index (χ1) is 51.6. The highest BCUT2D eigenvalue weighted by molar-refractivity contribution is 8.00. The molecule has 1 fully saturated rings. The third-order valence-electron chi connectivity index (χ3n) is 18.7. The van der Waals surface area contributed by atoms with Crippen LogP contribution < -0.4 is 32.3 Å². The zero-order valence-corrected chi connectivity index (χ0v) is 63.1. The Morgan fingerprint density at radius 3 is 1.55 bits per heavy atom. The molecule has 5 aromatic carbocycles. The molecule has 108 heavy (non-hydrogen) atoms. The molecular weight excluding hydrogens is 1430 g/mol. The minimum atomic E-state index is -4.17. The molecule has 1 heterocycles. The molecule has 0 radical (unpaired) electrons. The number of unbranched alkanes of at least 4 members (excludes halogenated alkanes) is 1. The number of hydrogen-bond donors (Lipinski definition) is 8. The van der Waals surface area contributed by atoms with E-state index < -0.39 is 123 Å². The number of likely N-dealkylation sites (N-methyl/N-ethyl adjacent to an activating group) is 1. The van der Waals surface area contributed by atoms with E-state index in [0.29, 0.717) is 42.4 Å². The molecular formula is C80H103N8O18S2+. The van der Waals surface area contributed by atoms with Crippen molar-refractivity contribution in [1.82, 2.24) is 31.5 Å². The predicted molar refractivity (Wildman–Crippen MR) is 407 cm³/mol. The van der Waals surface area contributed by atoms with Crippen LogP contribution in [0.25, 0.3) is 0 Å². The number of nitrogens with two attached hydrogens (primary N) is 1. The van der Waals surface area contributed by atoms with E-state index in [-0.39, 0.29) is 152 Å². The second-order valence-electron chi connectivity index (χ2n) is 28.1. The molecule has 0 aromatic heterocycles. The van der Waals surface area contributed by atoms with Gasteiger partial charge in [0.05, 0.1) is 62.9 Å². The van der Waals surface area contributed by atoms with Crippen molar-refractivity contribution in [2.24, 2.45) is 23.5 Å². The number of ether oxygens (including phenoxy) is 1. The number of quaternary nitrogens is 1. The molecule has 5 aromatic rings. The number of ketones is 4. The highest BCUT2D eigenvalue weighted by Gasteiger charge is 2.40. The first-order valence-corrected chi connectivity index (χ1v) is 39.3. The second kappa shape index (κ2) is 45.9. The number of nitrogens with one attached hydrogen (secondary N) is 5. The Labute approximate surface area is 635 Å². The highest BCUT2D eigenvalue weighted by Crippen LogP contribution is 2.27. The molecule has 9 N–H and O–H groups in total. The molecule has 1 aliphatic rings. The lowest BCUT2D eigenvalue weighted by Gasteiger charge is -2.30. The Hall–Kier alpha value is -9.61. The normalized spacial score (nSPS) is 14.9. The van der Waals surface area contributed by atoms with Gasteiger partial charge in [0.15, 0.2) is 11.6 Å². The van der Waals surface area contributed by atoms with Gasteiger partial charge < -0.3 is 46.6 Å². The summed E-state index contributed by atoms with van der Waals surface area (Å²) >= 11 is 1.01. The van der Waals surface area contributed by atoms with E-state index in [1.54, 1.807) is 24.3 Å². The number of amides is 7. The first-order valence-electron chi connectivity index (χ1n) is 36.6. The molecule has 0 saturated carbocycles. The average molecular weight is 1530 g/mol. The fourth-order valence-electron chi connectivity index (χ4n) is 12.8. The SMILES string of the molecule is C[N+](C)(CCCS(=O)(=O)O)CCNC(=O)C(CCCCNC(=O)CCCN1C(=O)CC(SCC(N)C(=O)NCC(=O)O)C1=O)CC(=O)CCCC(=O)CC(Cc1ccccc1)C(=O)NC(Cc1ccccc1)C(=O)CC(Cc1ccccc1)C(=O)NC(Cc1ccccc1)C(=O)CC(Cc1ccccc1)OC=O. The van der Waals surface area contributed by atoms with E-state index in [0.717, 1.165) is 38.9 Å². The Balaban J connectivity index is 1.09. The number of rotatable bonds is 53. The van der Waals surface area contributed by atoms with Crippen LogP contribution in [0.4, 0.5) is 0 Å². The summed E-state index contributed by atoms with van der Waals surface area (Å²) in [6, 6.07) is 42.1. The number of Topliss-reactive ketones (excluding diaryl/α,β-unsaturated/α-hetero) is 4. The van der Waals surface area contributed by atoms with Crippen LogP contribution in [0.1, 0.15) is 118 Å². The molecule has 8 atom stereocenters. The van der Waals surface area contributed by atoms with Crippen molar-refractivity contribution in [1.29, 1.82) is 0 Å². The number of thioether (sulfide) groups is 1. The molecule has 582 valence electrons. The summed E-state index contributed by atoms with van der Waals surface area (Å²) in [6.07, 6.45) is -0.0975. The number of carboxylic acids is 1. The van der Waals surface area contributed by atoms with Gasteiger partial charge in [0.1, 0.15) is 24.2 Å². The van der Waals surface area contributed by atoms with Crippen molar-refractivity contribution in [2.45, 2.75) is 151 Å². The molecule has 1 aliphatic heterocycles. The standard InChI is InChI=1S/C80H102N8O18S2/c1-88(2,40-22-42-108(103,104)105)41-38-83-76(98)61(33-18-19-37-82-73(94)36-21-39-87-74(95)52-72(80(87)102)107-54-67(81)79(101)84-53-75(96)97)48-64(90)34-20-35-65(91)49-62(43-56-23-8-3-9-24-56)77(99)85-68(46-59-29-14-6-15-30-59)70(92)50-63(44-57-25-10-4-11-26-57)78(100)86-69(47-60-31-16-7-17-32-60)71(93)51-66(106-55-89)45-58-27-12-5-13-28-58/h3-17,23-32,55,61-63,66-69,72H,18-22,33-54,81H2,1-2H3,(H6-,82,83,84,85,86,94,96,97,98,99,100,101,103,104,105)/p+1. The van der Waals surface area contributed by atoms with Gasteiger partial charge in [0.2, 0.25) is 41.4 Å². The molecule has 8 unspecified atom stereocenters. The number of hydrogen-bond acceptors (Lipinski definition) is 18. The Morgan fingerprint density at radius 2 is 1.05 bits per heavy atom. The van der Waals surface area contributed by atoms with Crippen LogP contribution in [-0.2, 0) is 109 Å². The molecule has 0 bridgehead atoms. The fraction of sp³-hybridized carbons (Fsp3) is 0.463. The van der Waals surface area contributed by atoms with Gasteiger partial charge in [-0.15, -0.1) is 11.8 Å². The minimum Gasteiger partial charge on any atom is -0.480 e. The van der Waals surface area contributed by atoms with Crippen LogP contribution in [0.5, 0.6) is 0 Å². The number of carbonyl (C=O) groups is 13. The summed E-state index contributed by atoms with van der Waals surface area (Å²) in [5.41, 5.74) is 9.61. The van der Waals surface area contributed by atoms with Crippen LogP contribution >= 0.6 is 11.8 Å². The molecule has 0 aliphatic carbocycles. The van der Waals surface area contributed by atoms with E-state index in [4.69, 9.17) is 15.6 Å². The van der Waals surface area contributed by atoms with Gasteiger partial charge in [-0.05, 0) is 79.2 Å². The Bertz CT molecular complexity index is 3900. The van der Waals surface area contributed by atoms with Crippen molar-refractivity contribution in [3.05, 3.63) is 179 Å². The molecule has 1 saturated heterocycles. The average Bonchev–Trinajstić information content (AvgIpc) is 1.79. The number of nitrogens with zero attached hydrogens (tertiary/aromatic N) is 2. The van der Waals surface area contributed by atoms with E-state index in [1.807, 2.05) is 141 Å². The van der Waals surface area contributed by atoms with Gasteiger partial charge in [0.25, 0.3) is 16.6 Å². The Morgan fingerprint density at radius 1 is 0.565 bits per heavy atom. The van der Waals surface area contributed by atoms with E-state index >= 15 is 4.79 Å². The zero-order chi connectivity index (χ0) is 78.4. The summed E-state index contributed by atoms with van der Waals surface area (Å²) in [5.74, 6) is -9.61. The summed E-state index contributed by atoms with van der Waals surface area (Å²) in [4.78, 5) is 176. The van der Waals surface area contributed by atoms with Crippen molar-refractivity contribution in [2.75, 3.05) is 64.9 Å². The molecule has 0 spiro atoms. The summed E-state index contributed by atoms with van der Waals surface area (Å²) in [6.45, 7) is 0.808. The van der Waals surface area contributed by atoms with Crippen molar-refractivity contribution >= 4 is 98.8 Å². The van der Waals surface area contributed by atoms with E-state index in [2.05, 4.69) is 26.6 Å². The van der Waals surface area contributed by atoms with Crippen LogP contribution in [0.3, 0.4) is 0 Å². The van der Waals surface area contributed by atoms with Crippen LogP contribution in [0.2, 0.25) is 0 Å². The summed E-state index contributed by atoms with van der Waals surface area (Å²) in [7, 11) is -0.485. The number of carboxylic acid groups (broad SMARTS) is 1. The largest absolute Gasteiger partial charge is 0.480 e. The van der Waals surface area contributed by atoms with Crippen LogP contribution in [-0.4, -0.2) is 199 Å². The quantitative estimate of drug-likeness (QED) is 0.00784. The minimum absolute atomic E-state index is 0.0161. The van der Waals surface area contributed by atoms with E-state index in [1.165, 1.54) is 0 Å². The number of aliphatic carboxylic acids is 1. The van der Waals surface area contributed by atoms with Gasteiger partial charge in [-0.3, -0.25) is 71.8 Å². The van der Waals surface area contributed by atoms with Crippen molar-refractivity contribution in [3.63, 3.8) is 0 Å². The molecule has 26 nitrogen and oxygen atoms in total. The first kappa shape index (κ1) is 87.3. The lowest BCUT2D eigenvalue weighted by atomic mass is 9.87. The maximum Gasteiger partial charge on any atom is 0.322 e. The lowest BCUT2D eigenvalue weighted by Crippen LogP contribution is -2.49. The fourth-order valence-corrected chi connectivity index (χ4v) is 14.4.